The fraction of sp³-hybridized carbons (Fsp3) is 0.0625. The number of carboxylic acid groups (broad SMARTS) is 1. The summed E-state index contributed by atoms with van der Waals surface area (Å²) < 4.78 is 1.78. The molecule has 1 heterocycles. The molecule has 0 fully saturated rings. The van der Waals surface area contributed by atoms with Crippen molar-refractivity contribution in [3.05, 3.63) is 72.6 Å². The Balaban J connectivity index is 1.92. The van der Waals surface area contributed by atoms with Gasteiger partial charge in [-0.25, -0.2) is 0 Å². The number of rotatable bonds is 5. The summed E-state index contributed by atoms with van der Waals surface area (Å²) in [7, 11) is 0. The van der Waals surface area contributed by atoms with Crippen LogP contribution in [0.3, 0.4) is 0 Å². The molecule has 3 aromatic rings. The predicted molar refractivity (Wildman–Crippen MR) is 84.0 cm³/mol. The van der Waals surface area contributed by atoms with E-state index in [2.05, 4.69) is 10.2 Å². The second-order valence-electron chi connectivity index (χ2n) is 4.57. The number of nitrogens with zero attached hydrogens (tertiary/aromatic N) is 3. The van der Waals surface area contributed by atoms with Gasteiger partial charge in [0.05, 0.1) is 0 Å². The molecule has 2 aromatic carbocycles. The van der Waals surface area contributed by atoms with E-state index in [1.54, 1.807) is 23.0 Å². The Hall–Kier alpha value is -2.60. The Labute approximate surface area is 131 Å². The van der Waals surface area contributed by atoms with Crippen molar-refractivity contribution in [1.82, 2.24) is 14.8 Å². The van der Waals surface area contributed by atoms with Gasteiger partial charge in [0, 0.05) is 5.69 Å². The van der Waals surface area contributed by atoms with E-state index in [4.69, 9.17) is 0 Å². The number of aromatic nitrogens is 3. The Bertz CT molecular complexity index is 759. The van der Waals surface area contributed by atoms with E-state index in [1.807, 2.05) is 48.5 Å². The van der Waals surface area contributed by atoms with Gasteiger partial charge in [0.1, 0.15) is 11.6 Å². The molecule has 0 bridgehead atoms. The molecule has 1 aromatic heterocycles. The van der Waals surface area contributed by atoms with Crippen molar-refractivity contribution in [2.45, 2.75) is 10.4 Å². The molecule has 1 N–H and O–H groups in total. The van der Waals surface area contributed by atoms with Crippen LogP contribution in [0, 0.1) is 0 Å². The number of hydrogen-bond acceptors (Lipinski definition) is 4. The average Bonchev–Trinajstić information content (AvgIpc) is 3.02. The largest absolute Gasteiger partial charge is 0.480 e. The maximum Gasteiger partial charge on any atom is 0.321 e. The van der Waals surface area contributed by atoms with E-state index in [9.17, 15) is 9.90 Å². The van der Waals surface area contributed by atoms with Gasteiger partial charge >= 0.3 is 5.97 Å². The summed E-state index contributed by atoms with van der Waals surface area (Å²) in [6.45, 7) is 0. The molecule has 5 nitrogen and oxygen atoms in total. The van der Waals surface area contributed by atoms with Crippen LogP contribution >= 0.6 is 11.8 Å². The van der Waals surface area contributed by atoms with Crippen LogP contribution in [0.25, 0.3) is 5.69 Å². The second-order valence-corrected chi connectivity index (χ2v) is 5.64. The van der Waals surface area contributed by atoms with Gasteiger partial charge in [0.25, 0.3) is 0 Å². The van der Waals surface area contributed by atoms with Crippen LogP contribution in [0.15, 0.2) is 72.1 Å². The van der Waals surface area contributed by atoms with Gasteiger partial charge in [-0.2, -0.15) is 0 Å². The Morgan fingerprint density at radius 3 is 2.32 bits per heavy atom. The number of para-hydroxylation sites is 1. The van der Waals surface area contributed by atoms with Gasteiger partial charge in [0.15, 0.2) is 5.16 Å². The molecular weight excluding hydrogens is 298 g/mol. The van der Waals surface area contributed by atoms with Crippen LogP contribution in [0.4, 0.5) is 0 Å². The maximum atomic E-state index is 11.6. The normalized spacial score (nSPS) is 12.0. The molecular formula is C16H13N3O2S. The fourth-order valence-electron chi connectivity index (χ4n) is 2.06. The molecule has 1 atom stereocenters. The molecule has 22 heavy (non-hydrogen) atoms. The molecule has 6 heteroatoms. The van der Waals surface area contributed by atoms with E-state index < -0.39 is 11.2 Å². The van der Waals surface area contributed by atoms with E-state index in [0.717, 1.165) is 11.3 Å². The lowest BCUT2D eigenvalue weighted by molar-refractivity contribution is -0.136. The summed E-state index contributed by atoms with van der Waals surface area (Å²) in [5, 5.41) is 17.3. The van der Waals surface area contributed by atoms with Gasteiger partial charge in [-0.3, -0.25) is 9.36 Å². The minimum absolute atomic E-state index is 0.544. The first-order valence-corrected chi connectivity index (χ1v) is 7.53. The lowest BCUT2D eigenvalue weighted by Gasteiger charge is -2.12. The Kier molecular flexibility index (Phi) is 4.20. The van der Waals surface area contributed by atoms with Crippen molar-refractivity contribution >= 4 is 17.7 Å². The van der Waals surface area contributed by atoms with Crippen molar-refractivity contribution in [1.29, 1.82) is 0 Å². The van der Waals surface area contributed by atoms with Crippen LogP contribution < -0.4 is 0 Å². The minimum atomic E-state index is -0.904. The van der Waals surface area contributed by atoms with E-state index in [0.29, 0.717) is 5.16 Å². The first kappa shape index (κ1) is 14.3. The monoisotopic (exact) mass is 311 g/mol. The smallest absolute Gasteiger partial charge is 0.321 e. The first-order valence-electron chi connectivity index (χ1n) is 6.65. The standard InChI is InChI=1S/C16H13N3O2S/c20-15(21)14(12-7-3-1-4-8-12)22-16-18-17-11-19(16)13-9-5-2-6-10-13/h1-11,14H,(H,20,21)/t14-/m0/s1. The van der Waals surface area contributed by atoms with Gasteiger partial charge in [-0.15, -0.1) is 10.2 Å². The number of benzene rings is 2. The third-order valence-corrected chi connectivity index (χ3v) is 4.30. The molecule has 0 amide bonds. The lowest BCUT2D eigenvalue weighted by atomic mass is 10.1. The molecule has 0 saturated heterocycles. The summed E-state index contributed by atoms with van der Waals surface area (Å²) >= 11 is 1.17. The van der Waals surface area contributed by atoms with Gasteiger partial charge in [-0.1, -0.05) is 60.3 Å². The minimum Gasteiger partial charge on any atom is -0.480 e. The molecule has 0 spiro atoms. The van der Waals surface area contributed by atoms with E-state index in [-0.39, 0.29) is 0 Å². The summed E-state index contributed by atoms with van der Waals surface area (Å²) in [4.78, 5) is 11.6. The molecule has 0 saturated carbocycles. The van der Waals surface area contributed by atoms with Crippen molar-refractivity contribution < 1.29 is 9.90 Å². The van der Waals surface area contributed by atoms with Gasteiger partial charge in [0.2, 0.25) is 0 Å². The SMILES string of the molecule is O=C(O)[C@@H](Sc1nncn1-c1ccccc1)c1ccccc1. The molecule has 0 radical (unpaired) electrons. The van der Waals surface area contributed by atoms with Crippen LogP contribution in [-0.2, 0) is 4.79 Å². The Morgan fingerprint density at radius 1 is 1.05 bits per heavy atom. The first-order chi connectivity index (χ1) is 10.8. The third kappa shape index (κ3) is 3.01. The number of aliphatic carboxylic acids is 1. The van der Waals surface area contributed by atoms with Gasteiger partial charge in [-0.05, 0) is 17.7 Å². The number of carbonyl (C=O) groups is 1. The molecule has 110 valence electrons. The van der Waals surface area contributed by atoms with Crippen LogP contribution in [0.5, 0.6) is 0 Å². The maximum absolute atomic E-state index is 11.6. The van der Waals surface area contributed by atoms with Crippen molar-refractivity contribution in [2.75, 3.05) is 0 Å². The summed E-state index contributed by atoms with van der Waals surface area (Å²) in [5.41, 5.74) is 1.62. The zero-order valence-electron chi connectivity index (χ0n) is 11.5. The zero-order chi connectivity index (χ0) is 15.4. The summed E-state index contributed by atoms with van der Waals surface area (Å²) in [6.07, 6.45) is 1.58. The predicted octanol–water partition coefficient (Wildman–Crippen LogP) is 3.19. The highest BCUT2D eigenvalue weighted by Gasteiger charge is 2.24. The zero-order valence-corrected chi connectivity index (χ0v) is 12.4. The molecule has 3 rings (SSSR count). The van der Waals surface area contributed by atoms with Crippen molar-refractivity contribution in [3.63, 3.8) is 0 Å². The third-order valence-electron chi connectivity index (χ3n) is 3.10. The highest BCUT2D eigenvalue weighted by Crippen LogP contribution is 2.35. The van der Waals surface area contributed by atoms with Crippen LogP contribution in [0.1, 0.15) is 10.8 Å². The molecule has 0 unspecified atom stereocenters. The topological polar surface area (TPSA) is 68.0 Å². The second kappa shape index (κ2) is 6.44. The Morgan fingerprint density at radius 2 is 1.68 bits per heavy atom. The van der Waals surface area contributed by atoms with Crippen molar-refractivity contribution in [3.8, 4) is 5.69 Å². The summed E-state index contributed by atoms with van der Waals surface area (Å²) in [6, 6.07) is 18.7. The van der Waals surface area contributed by atoms with Crippen molar-refractivity contribution in [2.24, 2.45) is 0 Å². The lowest BCUT2D eigenvalue weighted by Crippen LogP contribution is -2.09. The quantitative estimate of drug-likeness (QED) is 0.733. The van der Waals surface area contributed by atoms with E-state index in [1.165, 1.54) is 11.8 Å². The molecule has 0 aliphatic carbocycles. The number of thioether (sulfide) groups is 1. The van der Waals surface area contributed by atoms with Gasteiger partial charge < -0.3 is 5.11 Å². The highest BCUT2D eigenvalue weighted by atomic mass is 32.2. The summed E-state index contributed by atoms with van der Waals surface area (Å²) in [5.74, 6) is -0.904. The van der Waals surface area contributed by atoms with E-state index >= 15 is 0 Å². The fourth-order valence-corrected chi connectivity index (χ4v) is 3.03. The molecule has 0 aliphatic heterocycles. The average molecular weight is 311 g/mol. The van der Waals surface area contributed by atoms with Crippen LogP contribution in [0.2, 0.25) is 0 Å². The number of carboxylic acids is 1. The highest BCUT2D eigenvalue weighted by molar-refractivity contribution is 8.00. The molecule has 0 aliphatic rings. The van der Waals surface area contributed by atoms with Crippen LogP contribution in [-0.4, -0.2) is 25.8 Å². The number of hydrogen-bond donors (Lipinski definition) is 1.